The SMILES string of the molecule is CC1(C)OB(B2OC(C)(C)C(C)(C)O2)OC1(C)C.Cc1ccc(N(c2ccc(B3OC(C)(C)C(C)(C)O3)cc2)c2ccc3c(c2)-c2cc(N(c4ccc(C)cc4)c4ccc(B5OC(C)(C)C(C)(C)O5)cc4)ccc2C3(C)C)cc1.Cc1ccc(N(c2ccc(Br)cc2)c2ccc3c(c2)-c2cc(N(c4ccc(C)cc4)c4ccc(Br)cc4)ccc2C3(C)C)cc1. The van der Waals surface area contributed by atoms with Gasteiger partial charge in [0.05, 0.1) is 44.8 Å². The highest BCUT2D eigenvalue weighted by atomic mass is 79.9. The Balaban J connectivity index is 0.000000157. The van der Waals surface area contributed by atoms with Crippen molar-refractivity contribution >= 4 is 139 Å². The number of aryl methyl sites for hydroxylation is 4. The molecule has 4 heterocycles. The lowest BCUT2D eigenvalue weighted by Gasteiger charge is -2.32. The van der Waals surface area contributed by atoms with Gasteiger partial charge in [0.1, 0.15) is 0 Å². The van der Waals surface area contributed by atoms with Crippen LogP contribution in [-0.2, 0) is 48.1 Å². The second kappa shape index (κ2) is 32.6. The molecule has 0 unspecified atom stereocenters. The Labute approximate surface area is 755 Å². The molecule has 6 aliphatic rings. The highest BCUT2D eigenvalue weighted by molar-refractivity contribution is 9.10. The maximum Gasteiger partial charge on any atom is 0.494 e. The Morgan fingerprint density at radius 1 is 0.202 bits per heavy atom. The van der Waals surface area contributed by atoms with E-state index in [9.17, 15) is 0 Å². The predicted octanol–water partition coefficient (Wildman–Crippen LogP) is 27.5. The first-order chi connectivity index (χ1) is 58.3. The van der Waals surface area contributed by atoms with E-state index in [0.717, 1.165) is 88.1 Å². The molecule has 12 aromatic rings. The monoisotopic (exact) mass is 1770 g/mol. The molecule has 0 atom stereocenters. The van der Waals surface area contributed by atoms with Gasteiger partial charge < -0.3 is 56.8 Å². The van der Waals surface area contributed by atoms with Crippen molar-refractivity contribution in [2.75, 3.05) is 19.6 Å². The third-order valence-corrected chi connectivity index (χ3v) is 28.8. The smallest absolute Gasteiger partial charge is 0.405 e. The molecule has 2 aliphatic carbocycles. The highest BCUT2D eigenvalue weighted by Crippen LogP contribution is 2.56. The van der Waals surface area contributed by atoms with Gasteiger partial charge in [0.2, 0.25) is 0 Å². The minimum atomic E-state index is -0.476. The fourth-order valence-corrected chi connectivity index (χ4v) is 17.8. The zero-order valence-corrected chi connectivity index (χ0v) is 79.7. The van der Waals surface area contributed by atoms with Crippen molar-refractivity contribution in [2.45, 2.75) is 222 Å². The molecule has 0 bridgehead atoms. The zero-order valence-electron chi connectivity index (χ0n) is 76.5. The quantitative estimate of drug-likeness (QED) is 0.0916. The maximum absolute atomic E-state index is 6.41. The molecule has 0 spiro atoms. The molecule has 12 aromatic carbocycles. The fourth-order valence-electron chi connectivity index (χ4n) is 17.3. The molecule has 0 N–H and O–H groups in total. The van der Waals surface area contributed by atoms with Crippen LogP contribution in [0.4, 0.5) is 68.2 Å². The molecule has 4 aliphatic heterocycles. The van der Waals surface area contributed by atoms with Crippen LogP contribution < -0.4 is 30.5 Å². The Kier molecular flexibility index (Phi) is 23.1. The van der Waals surface area contributed by atoms with Crippen molar-refractivity contribution in [3.05, 3.63) is 320 Å². The van der Waals surface area contributed by atoms with Gasteiger partial charge in [0.15, 0.2) is 0 Å². The van der Waals surface area contributed by atoms with Crippen LogP contribution in [0.3, 0.4) is 0 Å². The summed E-state index contributed by atoms with van der Waals surface area (Å²) in [5, 5.41) is 0. The first-order valence-corrected chi connectivity index (χ1v) is 45.1. The molecule has 634 valence electrons. The summed E-state index contributed by atoms with van der Waals surface area (Å²) in [5.41, 5.74) is 27.2. The van der Waals surface area contributed by atoms with E-state index in [1.165, 1.54) is 66.8 Å². The van der Waals surface area contributed by atoms with Gasteiger partial charge in [-0.3, -0.25) is 0 Å². The van der Waals surface area contributed by atoms with E-state index in [4.69, 9.17) is 37.2 Å². The van der Waals surface area contributed by atoms with Gasteiger partial charge in [0.25, 0.3) is 0 Å². The van der Waals surface area contributed by atoms with Crippen LogP contribution in [0, 0.1) is 27.7 Å². The molecule has 4 fully saturated rings. The number of halogens is 2. The van der Waals surface area contributed by atoms with Crippen LogP contribution in [0.2, 0.25) is 0 Å². The lowest BCUT2D eigenvalue weighted by molar-refractivity contribution is 0.00578. The molecular weight excluding hydrogens is 1660 g/mol. The number of rotatable bonds is 15. The minimum Gasteiger partial charge on any atom is -0.405 e. The lowest BCUT2D eigenvalue weighted by Crippen LogP contribution is -2.41. The number of hydrogen-bond acceptors (Lipinski definition) is 12. The largest absolute Gasteiger partial charge is 0.494 e. The van der Waals surface area contributed by atoms with Crippen LogP contribution in [0.25, 0.3) is 22.3 Å². The molecule has 0 radical (unpaired) electrons. The summed E-state index contributed by atoms with van der Waals surface area (Å²) < 4.78 is 51.6. The average Bonchev–Trinajstić information content (AvgIpc) is 1.58. The van der Waals surface area contributed by atoms with Gasteiger partial charge >= 0.3 is 28.3 Å². The van der Waals surface area contributed by atoms with Gasteiger partial charge in [-0.15, -0.1) is 0 Å². The van der Waals surface area contributed by atoms with E-state index in [2.05, 4.69) is 429 Å². The molecule has 12 nitrogen and oxygen atoms in total. The molecule has 0 saturated carbocycles. The summed E-state index contributed by atoms with van der Waals surface area (Å²) in [6.45, 7) is 50.9. The van der Waals surface area contributed by atoms with Crippen molar-refractivity contribution in [1.82, 2.24) is 0 Å². The normalized spacial score (nSPS) is 18.6. The van der Waals surface area contributed by atoms with Crippen LogP contribution in [0.15, 0.2) is 276 Å². The summed E-state index contributed by atoms with van der Waals surface area (Å²) in [6.07, 6.45) is 0. The number of anilines is 12. The average molecular weight is 1780 g/mol. The number of benzene rings is 12. The van der Waals surface area contributed by atoms with Crippen molar-refractivity contribution < 1.29 is 37.2 Å². The number of nitrogens with zero attached hydrogens (tertiary/aromatic N) is 4. The van der Waals surface area contributed by atoms with Gasteiger partial charge in [0, 0.05) is 88.0 Å². The van der Waals surface area contributed by atoms with E-state index >= 15 is 0 Å². The van der Waals surface area contributed by atoms with Crippen LogP contribution in [0.5, 0.6) is 0 Å². The summed E-state index contributed by atoms with van der Waals surface area (Å²) in [5.74, 6) is 0. The maximum atomic E-state index is 6.41. The fraction of sp³-hybridized carbons (Fsp3) is 0.321. The number of fused-ring (bicyclic) bond motifs is 6. The van der Waals surface area contributed by atoms with E-state index in [0.29, 0.717) is 0 Å². The first kappa shape index (κ1) is 88.2. The van der Waals surface area contributed by atoms with Gasteiger partial charge in [-0.25, -0.2) is 0 Å². The minimum absolute atomic E-state index is 0.111. The van der Waals surface area contributed by atoms with Crippen molar-refractivity contribution in [3.8, 4) is 22.3 Å². The van der Waals surface area contributed by atoms with Crippen LogP contribution in [-0.4, -0.2) is 73.1 Å². The van der Waals surface area contributed by atoms with Gasteiger partial charge in [-0.2, -0.15) is 0 Å². The first-order valence-electron chi connectivity index (χ1n) is 43.5. The molecular formula is C106H116B4Br2N4O8. The topological polar surface area (TPSA) is 86.8 Å². The Bertz CT molecular complexity index is 5430. The highest BCUT2D eigenvalue weighted by Gasteiger charge is 2.64. The second-order valence-electron chi connectivity index (χ2n) is 39.4. The van der Waals surface area contributed by atoms with Crippen molar-refractivity contribution in [1.29, 1.82) is 0 Å². The summed E-state index contributed by atoms with van der Waals surface area (Å²) in [4.78, 5) is 9.40. The second-order valence-corrected chi connectivity index (χ2v) is 41.2. The summed E-state index contributed by atoms with van der Waals surface area (Å²) in [6, 6.07) is 97.4. The van der Waals surface area contributed by atoms with Gasteiger partial charge in [-0.05, 0) is 364 Å². The Morgan fingerprint density at radius 3 is 0.556 bits per heavy atom. The lowest BCUT2D eigenvalue weighted by atomic mass is 9.49. The zero-order chi connectivity index (χ0) is 88.6. The Hall–Kier alpha value is -9.26. The molecule has 18 rings (SSSR count). The summed E-state index contributed by atoms with van der Waals surface area (Å²) >= 11 is 7.24. The standard InChI is InChI=1S/C53H58B2N2O4.C41H34Br2N2.C12H24B2O4/c1-35-13-21-39(22-14-35)56(41-25-17-37(18-26-41)54-58-50(5,6)51(7,8)59-54)43-29-31-47-45(33-43)46-34-44(30-32-48(46)49(47,3)4)57(40-23-15-36(2)16-24-40)42-27-19-38(20-28-42)55-60-52(9,10)53(11,12)61-55;1-27-5-13-31(14-6-27)44(33-17-9-29(42)10-18-33)35-21-23-39-37(25-35)38-26-36(22-24-40(38)41(39,3)4)45(32-15-7-28(2)8-16-32)34-19-11-30(43)12-20-34;1-9(2)10(3,4)16-13(15-9)14-17-11(5,6)12(7,8)18-14/h13-34H,1-12H3;5-26H,1-4H3;1-8H3. The third-order valence-electron chi connectivity index (χ3n) is 27.8. The molecule has 0 aromatic heterocycles. The third kappa shape index (κ3) is 16.7. The van der Waals surface area contributed by atoms with Gasteiger partial charge in [-0.1, -0.05) is 179 Å². The number of hydrogen-bond donors (Lipinski definition) is 0. The van der Waals surface area contributed by atoms with E-state index < -0.39 is 50.7 Å². The molecule has 18 heteroatoms. The van der Waals surface area contributed by atoms with Crippen molar-refractivity contribution in [2.24, 2.45) is 0 Å². The Morgan fingerprint density at radius 2 is 0.363 bits per heavy atom. The predicted molar refractivity (Wildman–Crippen MR) is 525 cm³/mol. The van der Waals surface area contributed by atoms with Crippen molar-refractivity contribution in [3.63, 3.8) is 0 Å². The molecule has 4 saturated heterocycles. The molecule has 124 heavy (non-hydrogen) atoms. The summed E-state index contributed by atoms with van der Waals surface area (Å²) in [7, 11) is -1.80. The van der Waals surface area contributed by atoms with E-state index in [-0.39, 0.29) is 33.2 Å². The van der Waals surface area contributed by atoms with Crippen LogP contribution >= 0.6 is 31.9 Å². The molecule has 0 amide bonds. The van der Waals surface area contributed by atoms with Crippen LogP contribution in [0.1, 0.15) is 183 Å². The van der Waals surface area contributed by atoms with E-state index in [1.54, 1.807) is 0 Å². The van der Waals surface area contributed by atoms with E-state index in [1.807, 2.05) is 55.4 Å².